The van der Waals surface area contributed by atoms with E-state index in [1.807, 2.05) is 18.2 Å². The maximum atomic E-state index is 6.05. The van der Waals surface area contributed by atoms with E-state index in [-0.39, 0.29) is 6.10 Å². The molecule has 2 aromatic rings. The smallest absolute Gasteiger partial charge is 0.145 e. The largest absolute Gasteiger partial charge is 0.491 e. The number of aromatic nitrogens is 2. The van der Waals surface area contributed by atoms with Gasteiger partial charge in [-0.2, -0.15) is 0 Å². The van der Waals surface area contributed by atoms with E-state index in [9.17, 15) is 0 Å². The first-order valence-electron chi connectivity index (χ1n) is 6.69. The number of fused-ring (bicyclic) bond motifs is 1. The lowest BCUT2D eigenvalue weighted by Gasteiger charge is -2.23. The van der Waals surface area contributed by atoms with E-state index in [4.69, 9.17) is 21.1 Å². The van der Waals surface area contributed by atoms with Crippen molar-refractivity contribution in [1.29, 1.82) is 0 Å². The van der Waals surface area contributed by atoms with Gasteiger partial charge in [0, 0.05) is 24.9 Å². The zero-order valence-electron chi connectivity index (χ0n) is 11.0. The summed E-state index contributed by atoms with van der Waals surface area (Å²) in [5, 5.41) is 4.55. The van der Waals surface area contributed by atoms with Gasteiger partial charge in [0.1, 0.15) is 22.7 Å². The van der Waals surface area contributed by atoms with Gasteiger partial charge in [0.25, 0.3) is 0 Å². The van der Waals surface area contributed by atoms with E-state index in [2.05, 4.69) is 15.3 Å². The van der Waals surface area contributed by atoms with Gasteiger partial charge in [-0.1, -0.05) is 17.7 Å². The van der Waals surface area contributed by atoms with Gasteiger partial charge >= 0.3 is 0 Å². The van der Waals surface area contributed by atoms with Crippen molar-refractivity contribution < 1.29 is 9.47 Å². The fourth-order valence-electron chi connectivity index (χ4n) is 2.25. The Hall–Kier alpha value is -1.43. The maximum absolute atomic E-state index is 6.05. The second kappa shape index (κ2) is 6.35. The molecule has 1 N–H and O–H groups in total. The minimum Gasteiger partial charge on any atom is -0.491 e. The molecule has 0 bridgehead atoms. The molecule has 1 aliphatic heterocycles. The molecule has 0 amide bonds. The molecular weight excluding hydrogens is 278 g/mol. The van der Waals surface area contributed by atoms with E-state index in [0.29, 0.717) is 11.8 Å². The molecule has 0 aliphatic carbocycles. The van der Waals surface area contributed by atoms with Gasteiger partial charge in [0.2, 0.25) is 0 Å². The summed E-state index contributed by atoms with van der Waals surface area (Å²) in [5.74, 6) is 0.732. The minimum atomic E-state index is 0.219. The van der Waals surface area contributed by atoms with Crippen molar-refractivity contribution in [2.24, 2.45) is 0 Å². The molecule has 1 aliphatic rings. The van der Waals surface area contributed by atoms with Crippen LogP contribution in [0.1, 0.15) is 6.42 Å². The molecule has 1 fully saturated rings. The number of ether oxygens (including phenoxy) is 2. The molecule has 2 heterocycles. The summed E-state index contributed by atoms with van der Waals surface area (Å²) in [6.07, 6.45) is 2.52. The van der Waals surface area contributed by atoms with Gasteiger partial charge in [-0.15, -0.1) is 0 Å². The van der Waals surface area contributed by atoms with Gasteiger partial charge in [-0.05, 0) is 12.1 Å². The van der Waals surface area contributed by atoms with Crippen LogP contribution in [0.15, 0.2) is 24.5 Å². The highest BCUT2D eigenvalue weighted by Crippen LogP contribution is 2.27. The summed E-state index contributed by atoms with van der Waals surface area (Å²) < 4.78 is 11.5. The lowest BCUT2D eigenvalue weighted by Crippen LogP contribution is -2.39. The average Bonchev–Trinajstić information content (AvgIpc) is 2.49. The third-order valence-corrected chi connectivity index (χ3v) is 3.58. The Morgan fingerprint density at radius 1 is 1.40 bits per heavy atom. The highest BCUT2D eigenvalue weighted by Gasteiger charge is 2.13. The molecule has 5 nitrogen and oxygen atoms in total. The van der Waals surface area contributed by atoms with Gasteiger partial charge in [-0.25, -0.2) is 9.97 Å². The number of para-hydroxylation sites is 1. The van der Waals surface area contributed by atoms with Crippen molar-refractivity contribution in [3.8, 4) is 5.75 Å². The van der Waals surface area contributed by atoms with Crippen molar-refractivity contribution in [3.05, 3.63) is 29.7 Å². The highest BCUT2D eigenvalue weighted by atomic mass is 35.5. The van der Waals surface area contributed by atoms with Crippen LogP contribution >= 0.6 is 11.6 Å². The summed E-state index contributed by atoms with van der Waals surface area (Å²) in [5.41, 5.74) is 0.746. The molecule has 1 atom stereocenters. The van der Waals surface area contributed by atoms with Gasteiger partial charge < -0.3 is 14.8 Å². The first kappa shape index (κ1) is 13.5. The maximum Gasteiger partial charge on any atom is 0.145 e. The molecule has 3 rings (SSSR count). The highest BCUT2D eigenvalue weighted by molar-refractivity contribution is 6.34. The third kappa shape index (κ3) is 3.00. The summed E-state index contributed by atoms with van der Waals surface area (Å²) >= 11 is 6.05. The Morgan fingerprint density at radius 2 is 2.35 bits per heavy atom. The van der Waals surface area contributed by atoms with Crippen LogP contribution in [-0.2, 0) is 4.74 Å². The van der Waals surface area contributed by atoms with Gasteiger partial charge in [-0.3, -0.25) is 0 Å². The SMILES string of the molecule is Clc1ncnc2c(OCCC3CNCCO3)cccc12. The summed E-state index contributed by atoms with van der Waals surface area (Å²) in [4.78, 5) is 8.22. The number of nitrogens with one attached hydrogen (secondary N) is 1. The Morgan fingerprint density at radius 3 is 3.20 bits per heavy atom. The van der Waals surface area contributed by atoms with E-state index in [1.54, 1.807) is 0 Å². The topological polar surface area (TPSA) is 56.3 Å². The summed E-state index contributed by atoms with van der Waals surface area (Å²) in [6, 6.07) is 5.68. The average molecular weight is 294 g/mol. The predicted molar refractivity (Wildman–Crippen MR) is 77.3 cm³/mol. The van der Waals surface area contributed by atoms with Crippen LogP contribution in [0, 0.1) is 0 Å². The van der Waals surface area contributed by atoms with Crippen molar-refractivity contribution in [2.45, 2.75) is 12.5 Å². The van der Waals surface area contributed by atoms with Gasteiger partial charge in [0.05, 0.1) is 19.3 Å². The first-order valence-corrected chi connectivity index (χ1v) is 7.07. The third-order valence-electron chi connectivity index (χ3n) is 3.28. The molecule has 1 aromatic carbocycles. The quantitative estimate of drug-likeness (QED) is 0.874. The molecule has 1 unspecified atom stereocenters. The zero-order chi connectivity index (χ0) is 13.8. The molecule has 0 saturated carbocycles. The normalized spacial score (nSPS) is 19.1. The minimum absolute atomic E-state index is 0.219. The van der Waals surface area contributed by atoms with Crippen LogP contribution in [0.25, 0.3) is 10.9 Å². The molecule has 0 spiro atoms. The summed E-state index contributed by atoms with van der Waals surface area (Å²) in [7, 11) is 0. The van der Waals surface area contributed by atoms with Crippen molar-refractivity contribution in [1.82, 2.24) is 15.3 Å². The van der Waals surface area contributed by atoms with E-state index in [0.717, 1.165) is 42.8 Å². The van der Waals surface area contributed by atoms with Crippen LogP contribution in [0.2, 0.25) is 5.15 Å². The number of morpholine rings is 1. The van der Waals surface area contributed by atoms with Crippen molar-refractivity contribution >= 4 is 22.5 Å². The number of rotatable bonds is 4. The summed E-state index contributed by atoms with van der Waals surface area (Å²) in [6.45, 7) is 3.16. The Kier molecular flexibility index (Phi) is 4.30. The Balaban J connectivity index is 1.66. The lowest BCUT2D eigenvalue weighted by molar-refractivity contribution is 0.0160. The van der Waals surface area contributed by atoms with E-state index >= 15 is 0 Å². The molecular formula is C14H16ClN3O2. The molecule has 0 radical (unpaired) electrons. The molecule has 6 heteroatoms. The number of halogens is 1. The number of hydrogen-bond donors (Lipinski definition) is 1. The second-order valence-corrected chi connectivity index (χ2v) is 5.01. The number of nitrogens with zero attached hydrogens (tertiary/aromatic N) is 2. The first-order chi connectivity index (χ1) is 9.84. The molecule has 1 aromatic heterocycles. The number of benzene rings is 1. The molecule has 1 saturated heterocycles. The number of hydrogen-bond acceptors (Lipinski definition) is 5. The standard InChI is InChI=1S/C14H16ClN3O2/c15-14-11-2-1-3-12(13(11)17-9-18-14)20-6-4-10-8-16-5-7-19-10/h1-3,9-10,16H,4-8H2. The second-order valence-electron chi connectivity index (χ2n) is 4.65. The Bertz CT molecular complexity index is 588. The lowest BCUT2D eigenvalue weighted by atomic mass is 10.2. The zero-order valence-corrected chi connectivity index (χ0v) is 11.8. The van der Waals surface area contributed by atoms with Crippen LogP contribution in [-0.4, -0.2) is 42.4 Å². The molecule has 106 valence electrons. The van der Waals surface area contributed by atoms with Crippen LogP contribution in [0.5, 0.6) is 5.75 Å². The van der Waals surface area contributed by atoms with Crippen molar-refractivity contribution in [2.75, 3.05) is 26.3 Å². The van der Waals surface area contributed by atoms with Crippen LogP contribution in [0.3, 0.4) is 0 Å². The monoisotopic (exact) mass is 293 g/mol. The van der Waals surface area contributed by atoms with Crippen molar-refractivity contribution in [3.63, 3.8) is 0 Å². The fraction of sp³-hybridized carbons (Fsp3) is 0.429. The fourth-order valence-corrected chi connectivity index (χ4v) is 2.45. The van der Waals surface area contributed by atoms with Crippen LogP contribution < -0.4 is 10.1 Å². The van der Waals surface area contributed by atoms with Gasteiger partial charge in [0.15, 0.2) is 0 Å². The molecule has 20 heavy (non-hydrogen) atoms. The van der Waals surface area contributed by atoms with Crippen LogP contribution in [0.4, 0.5) is 0 Å². The predicted octanol–water partition coefficient (Wildman–Crippen LogP) is 2.04. The van der Waals surface area contributed by atoms with E-state index in [1.165, 1.54) is 6.33 Å². The van der Waals surface area contributed by atoms with E-state index < -0.39 is 0 Å². The Labute approximate surface area is 122 Å².